The van der Waals surface area contributed by atoms with Gasteiger partial charge in [-0.3, -0.25) is 4.79 Å². The van der Waals surface area contributed by atoms with Crippen LogP contribution in [-0.4, -0.2) is 12.5 Å². The maximum absolute atomic E-state index is 11.4. The van der Waals surface area contributed by atoms with E-state index < -0.39 is 0 Å². The predicted octanol–water partition coefficient (Wildman–Crippen LogP) is 12.4. The van der Waals surface area contributed by atoms with E-state index in [-0.39, 0.29) is 5.91 Å². The number of carbonyl (C=O) groups excluding carboxylic acids is 1. The Morgan fingerprint density at radius 3 is 0.842 bits per heavy atom. The van der Waals surface area contributed by atoms with Crippen molar-refractivity contribution in [3.05, 3.63) is 12.2 Å². The van der Waals surface area contributed by atoms with E-state index in [0.29, 0.717) is 5.57 Å². The van der Waals surface area contributed by atoms with Crippen LogP contribution in [0, 0.1) is 0 Å². The lowest BCUT2D eigenvalue weighted by molar-refractivity contribution is -0.117. The molecule has 0 heterocycles. The molecule has 0 aromatic heterocycles. The predicted molar refractivity (Wildman–Crippen MR) is 172 cm³/mol. The zero-order valence-corrected chi connectivity index (χ0v) is 26.5. The summed E-state index contributed by atoms with van der Waals surface area (Å²) in [4.78, 5) is 11.4. The van der Waals surface area contributed by atoms with Gasteiger partial charge >= 0.3 is 0 Å². The lowest BCUT2D eigenvalue weighted by Crippen LogP contribution is -2.24. The third-order valence-corrected chi connectivity index (χ3v) is 8.20. The van der Waals surface area contributed by atoms with Gasteiger partial charge in [-0.05, 0) is 13.3 Å². The van der Waals surface area contributed by atoms with Crippen LogP contribution in [0.4, 0.5) is 0 Å². The molecule has 0 saturated carbocycles. The number of hydrogen-bond donors (Lipinski definition) is 1. The van der Waals surface area contributed by atoms with Crippen molar-refractivity contribution < 1.29 is 4.79 Å². The van der Waals surface area contributed by atoms with Crippen LogP contribution in [0.15, 0.2) is 12.2 Å². The van der Waals surface area contributed by atoms with Gasteiger partial charge in [0.2, 0.25) is 5.91 Å². The monoisotopic (exact) mass is 534 g/mol. The minimum Gasteiger partial charge on any atom is -0.352 e. The van der Waals surface area contributed by atoms with Gasteiger partial charge in [-0.25, -0.2) is 0 Å². The van der Waals surface area contributed by atoms with Gasteiger partial charge in [0.05, 0.1) is 0 Å². The van der Waals surface area contributed by atoms with Gasteiger partial charge in [0, 0.05) is 12.1 Å². The average molecular weight is 534 g/mol. The van der Waals surface area contributed by atoms with Crippen LogP contribution in [0.1, 0.15) is 206 Å². The first-order valence-electron chi connectivity index (χ1n) is 17.6. The van der Waals surface area contributed by atoms with Gasteiger partial charge in [0.25, 0.3) is 0 Å². The largest absolute Gasteiger partial charge is 0.352 e. The van der Waals surface area contributed by atoms with Crippen molar-refractivity contribution in [2.24, 2.45) is 0 Å². The summed E-state index contributed by atoms with van der Waals surface area (Å²) in [6.45, 7) is 8.53. The third kappa shape index (κ3) is 31.4. The van der Waals surface area contributed by atoms with E-state index >= 15 is 0 Å². The summed E-state index contributed by atoms with van der Waals surface area (Å²) in [5, 5.41) is 2.92. The Morgan fingerprint density at radius 1 is 0.421 bits per heavy atom. The summed E-state index contributed by atoms with van der Waals surface area (Å²) in [5.74, 6) is 0.000374. The van der Waals surface area contributed by atoms with Crippen molar-refractivity contribution in [2.45, 2.75) is 206 Å². The van der Waals surface area contributed by atoms with Gasteiger partial charge in [0.15, 0.2) is 0 Å². The first-order chi connectivity index (χ1) is 18.7. The summed E-state index contributed by atoms with van der Waals surface area (Å²) in [6, 6.07) is 0. The van der Waals surface area contributed by atoms with E-state index in [4.69, 9.17) is 0 Å². The molecular formula is C36H71NO. The molecule has 1 amide bonds. The van der Waals surface area contributed by atoms with E-state index in [0.717, 1.165) is 13.0 Å². The molecule has 0 aliphatic heterocycles. The number of hydrogen-bond acceptors (Lipinski definition) is 1. The molecule has 2 nitrogen and oxygen atoms in total. The van der Waals surface area contributed by atoms with Crippen LogP contribution in [-0.2, 0) is 4.79 Å². The highest BCUT2D eigenvalue weighted by Gasteiger charge is 2.00. The zero-order valence-electron chi connectivity index (χ0n) is 26.5. The Hall–Kier alpha value is -0.790. The lowest BCUT2D eigenvalue weighted by Gasteiger charge is -2.05. The summed E-state index contributed by atoms with van der Waals surface area (Å²) in [5.41, 5.74) is 0.607. The quantitative estimate of drug-likeness (QED) is 0.0676. The van der Waals surface area contributed by atoms with Crippen LogP contribution in [0.5, 0.6) is 0 Å². The van der Waals surface area contributed by atoms with Crippen LogP contribution < -0.4 is 5.32 Å². The molecular weight excluding hydrogens is 462 g/mol. The second kappa shape index (κ2) is 32.4. The molecule has 226 valence electrons. The molecule has 1 N–H and O–H groups in total. The van der Waals surface area contributed by atoms with Crippen molar-refractivity contribution in [2.75, 3.05) is 6.54 Å². The second-order valence-corrected chi connectivity index (χ2v) is 12.3. The molecule has 0 saturated heterocycles. The van der Waals surface area contributed by atoms with Crippen molar-refractivity contribution in [1.82, 2.24) is 5.32 Å². The molecule has 2 heteroatoms. The Kier molecular flexibility index (Phi) is 31.7. The summed E-state index contributed by atoms with van der Waals surface area (Å²) < 4.78 is 0. The van der Waals surface area contributed by atoms with E-state index in [2.05, 4.69) is 18.8 Å². The van der Waals surface area contributed by atoms with Crippen LogP contribution in [0.2, 0.25) is 0 Å². The maximum atomic E-state index is 11.4. The minimum absolute atomic E-state index is 0.000374. The molecule has 0 aromatic carbocycles. The molecule has 38 heavy (non-hydrogen) atoms. The normalized spacial score (nSPS) is 11.2. The van der Waals surface area contributed by atoms with Crippen molar-refractivity contribution >= 4 is 5.91 Å². The molecule has 0 aromatic rings. The Balaban J connectivity index is 3.06. The molecule has 0 spiro atoms. The molecule has 0 radical (unpaired) electrons. The number of carbonyl (C=O) groups is 1. The third-order valence-electron chi connectivity index (χ3n) is 8.20. The Bertz CT molecular complexity index is 486. The maximum Gasteiger partial charge on any atom is 0.246 e. The van der Waals surface area contributed by atoms with E-state index in [1.807, 2.05) is 0 Å². The number of amides is 1. The molecule has 0 rings (SSSR count). The summed E-state index contributed by atoms with van der Waals surface area (Å²) in [7, 11) is 0. The zero-order chi connectivity index (χ0) is 27.8. The molecule has 0 aliphatic carbocycles. The topological polar surface area (TPSA) is 29.1 Å². The highest BCUT2D eigenvalue weighted by molar-refractivity contribution is 5.91. The van der Waals surface area contributed by atoms with Crippen LogP contribution in [0.3, 0.4) is 0 Å². The Labute approximate surface area is 241 Å². The first-order valence-corrected chi connectivity index (χ1v) is 17.6. The fourth-order valence-corrected chi connectivity index (χ4v) is 5.50. The second-order valence-electron chi connectivity index (χ2n) is 12.3. The summed E-state index contributed by atoms with van der Waals surface area (Å²) in [6.07, 6.45) is 42.9. The highest BCUT2D eigenvalue weighted by Crippen LogP contribution is 2.16. The number of rotatable bonds is 32. The first kappa shape index (κ1) is 37.2. The standard InChI is InChI=1S/C36H71NO/c1-4-5-6-7-8-9-10-11-12-13-14-15-16-17-18-19-20-21-22-23-24-25-26-27-28-29-30-31-32-33-34-37-36(38)35(2)3/h2,4-34H2,1,3H3,(H,37,38). The SMILES string of the molecule is C=C(C)C(=O)NCCCCCCCCCCCCCCCCCCCCCCCCCCCCCCCC. The van der Waals surface area contributed by atoms with Crippen molar-refractivity contribution in [3.63, 3.8) is 0 Å². The van der Waals surface area contributed by atoms with Gasteiger partial charge in [0.1, 0.15) is 0 Å². The van der Waals surface area contributed by atoms with E-state index in [9.17, 15) is 4.79 Å². The average Bonchev–Trinajstić information content (AvgIpc) is 2.91. The molecule has 0 bridgehead atoms. The highest BCUT2D eigenvalue weighted by atomic mass is 16.1. The number of unbranched alkanes of at least 4 members (excludes halogenated alkanes) is 29. The summed E-state index contributed by atoms with van der Waals surface area (Å²) >= 11 is 0. The molecule has 0 fully saturated rings. The van der Waals surface area contributed by atoms with Gasteiger partial charge < -0.3 is 5.32 Å². The van der Waals surface area contributed by atoms with Crippen molar-refractivity contribution in [1.29, 1.82) is 0 Å². The van der Waals surface area contributed by atoms with Gasteiger partial charge in [-0.2, -0.15) is 0 Å². The van der Waals surface area contributed by atoms with E-state index in [1.165, 1.54) is 186 Å². The molecule has 0 aliphatic rings. The Morgan fingerprint density at radius 2 is 0.632 bits per heavy atom. The fraction of sp³-hybridized carbons (Fsp3) is 0.917. The lowest BCUT2D eigenvalue weighted by atomic mass is 10.0. The smallest absolute Gasteiger partial charge is 0.246 e. The molecule has 0 unspecified atom stereocenters. The van der Waals surface area contributed by atoms with Crippen LogP contribution >= 0.6 is 0 Å². The molecule has 0 atom stereocenters. The van der Waals surface area contributed by atoms with E-state index in [1.54, 1.807) is 6.92 Å². The number of nitrogens with one attached hydrogen (secondary N) is 1. The fourth-order valence-electron chi connectivity index (χ4n) is 5.50. The van der Waals surface area contributed by atoms with Gasteiger partial charge in [-0.15, -0.1) is 0 Å². The van der Waals surface area contributed by atoms with Crippen LogP contribution in [0.25, 0.3) is 0 Å². The van der Waals surface area contributed by atoms with Gasteiger partial charge in [-0.1, -0.05) is 200 Å². The minimum atomic E-state index is 0.000374. The van der Waals surface area contributed by atoms with Crippen molar-refractivity contribution in [3.8, 4) is 0 Å².